The molecule has 0 unspecified atom stereocenters. The van der Waals surface area contributed by atoms with E-state index in [0.29, 0.717) is 18.7 Å². The zero-order valence-corrected chi connectivity index (χ0v) is 9.11. The molecule has 0 aliphatic carbocycles. The van der Waals surface area contributed by atoms with Crippen molar-refractivity contribution in [1.82, 2.24) is 4.57 Å². The Morgan fingerprint density at radius 3 is 2.93 bits per heavy atom. The molecule has 0 aromatic carbocycles. The van der Waals surface area contributed by atoms with Gasteiger partial charge in [0.2, 0.25) is 0 Å². The SMILES string of the molecule is CCCOCCn1cccc(CN)c1=O. The third-order valence-corrected chi connectivity index (χ3v) is 2.14. The molecule has 0 spiro atoms. The van der Waals surface area contributed by atoms with Gasteiger partial charge in [-0.2, -0.15) is 0 Å². The van der Waals surface area contributed by atoms with E-state index in [-0.39, 0.29) is 12.1 Å². The highest BCUT2D eigenvalue weighted by Gasteiger charge is 2.00. The van der Waals surface area contributed by atoms with Crippen molar-refractivity contribution in [3.8, 4) is 0 Å². The van der Waals surface area contributed by atoms with E-state index in [9.17, 15) is 4.79 Å². The van der Waals surface area contributed by atoms with E-state index in [0.717, 1.165) is 13.0 Å². The number of nitrogens with two attached hydrogens (primary N) is 1. The molecule has 0 aliphatic rings. The lowest BCUT2D eigenvalue weighted by atomic mass is 10.3. The summed E-state index contributed by atoms with van der Waals surface area (Å²) < 4.78 is 6.96. The molecule has 0 saturated carbocycles. The Kier molecular flexibility index (Phi) is 5.07. The average Bonchev–Trinajstić information content (AvgIpc) is 2.26. The molecule has 0 fully saturated rings. The standard InChI is InChI=1S/C11H18N2O2/c1-2-7-15-8-6-13-5-3-4-10(9-12)11(13)14/h3-5H,2,6-9,12H2,1H3. The number of pyridine rings is 1. The Morgan fingerprint density at radius 2 is 2.27 bits per heavy atom. The minimum atomic E-state index is -0.0138. The van der Waals surface area contributed by atoms with Crippen LogP contribution >= 0.6 is 0 Å². The van der Waals surface area contributed by atoms with Crippen LogP contribution < -0.4 is 11.3 Å². The van der Waals surface area contributed by atoms with Gasteiger partial charge in [-0.1, -0.05) is 13.0 Å². The molecular weight excluding hydrogens is 192 g/mol. The molecule has 4 nitrogen and oxygen atoms in total. The molecule has 0 aliphatic heterocycles. The van der Waals surface area contributed by atoms with Crippen LogP contribution in [0.4, 0.5) is 0 Å². The molecule has 0 bridgehead atoms. The van der Waals surface area contributed by atoms with Crippen LogP contribution in [0.2, 0.25) is 0 Å². The summed E-state index contributed by atoms with van der Waals surface area (Å²) in [5.74, 6) is 0. The molecule has 0 amide bonds. The van der Waals surface area contributed by atoms with Crippen molar-refractivity contribution in [2.24, 2.45) is 5.73 Å². The van der Waals surface area contributed by atoms with Crippen LogP contribution in [-0.4, -0.2) is 17.8 Å². The topological polar surface area (TPSA) is 57.2 Å². The van der Waals surface area contributed by atoms with Gasteiger partial charge in [-0.3, -0.25) is 4.79 Å². The molecule has 1 heterocycles. The molecule has 1 aromatic heterocycles. The Labute approximate surface area is 89.7 Å². The van der Waals surface area contributed by atoms with Crippen LogP contribution in [-0.2, 0) is 17.8 Å². The minimum Gasteiger partial charge on any atom is -0.380 e. The van der Waals surface area contributed by atoms with E-state index in [4.69, 9.17) is 10.5 Å². The van der Waals surface area contributed by atoms with E-state index in [1.807, 2.05) is 6.07 Å². The number of hydrogen-bond acceptors (Lipinski definition) is 3. The highest BCUT2D eigenvalue weighted by Crippen LogP contribution is 1.91. The van der Waals surface area contributed by atoms with Crippen molar-refractivity contribution < 1.29 is 4.74 Å². The first-order valence-corrected chi connectivity index (χ1v) is 5.25. The first kappa shape index (κ1) is 11.9. The second kappa shape index (κ2) is 6.37. The summed E-state index contributed by atoms with van der Waals surface area (Å²) in [6, 6.07) is 3.59. The third kappa shape index (κ3) is 3.49. The number of nitrogens with zero attached hydrogens (tertiary/aromatic N) is 1. The first-order chi connectivity index (χ1) is 7.29. The van der Waals surface area contributed by atoms with E-state index in [2.05, 4.69) is 6.92 Å². The summed E-state index contributed by atoms with van der Waals surface area (Å²) in [7, 11) is 0. The number of ether oxygens (including phenoxy) is 1. The summed E-state index contributed by atoms with van der Waals surface area (Å²) in [4.78, 5) is 11.7. The Bertz CT molecular complexity index is 347. The fourth-order valence-corrected chi connectivity index (χ4v) is 1.33. The maximum absolute atomic E-state index is 11.7. The summed E-state index contributed by atoms with van der Waals surface area (Å²) in [5, 5.41) is 0. The van der Waals surface area contributed by atoms with Crippen LogP contribution in [0.3, 0.4) is 0 Å². The smallest absolute Gasteiger partial charge is 0.255 e. The maximum atomic E-state index is 11.7. The molecule has 84 valence electrons. The molecule has 1 rings (SSSR count). The van der Waals surface area contributed by atoms with Crippen molar-refractivity contribution in [1.29, 1.82) is 0 Å². The summed E-state index contributed by atoms with van der Waals surface area (Å²) in [5.41, 5.74) is 6.08. The molecule has 15 heavy (non-hydrogen) atoms. The normalized spacial score (nSPS) is 10.5. The van der Waals surface area contributed by atoms with Crippen molar-refractivity contribution in [2.75, 3.05) is 13.2 Å². The summed E-state index contributed by atoms with van der Waals surface area (Å²) >= 11 is 0. The summed E-state index contributed by atoms with van der Waals surface area (Å²) in [6.07, 6.45) is 2.76. The maximum Gasteiger partial charge on any atom is 0.255 e. The number of rotatable bonds is 6. The van der Waals surface area contributed by atoms with Crippen LogP contribution in [0.1, 0.15) is 18.9 Å². The number of aromatic nitrogens is 1. The fraction of sp³-hybridized carbons (Fsp3) is 0.545. The van der Waals surface area contributed by atoms with Gasteiger partial charge >= 0.3 is 0 Å². The molecule has 2 N–H and O–H groups in total. The van der Waals surface area contributed by atoms with Gasteiger partial charge in [-0.15, -0.1) is 0 Å². The second-order valence-corrected chi connectivity index (χ2v) is 3.35. The lowest BCUT2D eigenvalue weighted by molar-refractivity contribution is 0.126. The molecule has 4 heteroatoms. The Balaban J connectivity index is 2.57. The molecule has 0 atom stereocenters. The van der Waals surface area contributed by atoms with E-state index >= 15 is 0 Å². The van der Waals surface area contributed by atoms with Crippen molar-refractivity contribution in [3.05, 3.63) is 34.2 Å². The molecule has 1 aromatic rings. The van der Waals surface area contributed by atoms with Gasteiger partial charge in [-0.25, -0.2) is 0 Å². The molecule has 0 saturated heterocycles. The van der Waals surface area contributed by atoms with E-state index in [1.165, 1.54) is 0 Å². The van der Waals surface area contributed by atoms with Crippen molar-refractivity contribution in [2.45, 2.75) is 26.4 Å². The van der Waals surface area contributed by atoms with Crippen LogP contribution in [0.25, 0.3) is 0 Å². The quantitative estimate of drug-likeness (QED) is 0.704. The number of hydrogen-bond donors (Lipinski definition) is 1. The average molecular weight is 210 g/mol. The zero-order chi connectivity index (χ0) is 11.1. The predicted octanol–water partition coefficient (Wildman–Crippen LogP) is 0.734. The predicted molar refractivity (Wildman–Crippen MR) is 59.7 cm³/mol. The second-order valence-electron chi connectivity index (χ2n) is 3.35. The third-order valence-electron chi connectivity index (χ3n) is 2.14. The lowest BCUT2D eigenvalue weighted by Gasteiger charge is -2.07. The Hall–Kier alpha value is -1.13. The van der Waals surface area contributed by atoms with Crippen LogP contribution in [0.15, 0.2) is 23.1 Å². The Morgan fingerprint density at radius 1 is 1.47 bits per heavy atom. The van der Waals surface area contributed by atoms with Gasteiger partial charge in [0, 0.05) is 31.5 Å². The minimum absolute atomic E-state index is 0.0138. The molecular formula is C11H18N2O2. The lowest BCUT2D eigenvalue weighted by Crippen LogP contribution is -2.26. The monoisotopic (exact) mass is 210 g/mol. The summed E-state index contributed by atoms with van der Waals surface area (Å²) in [6.45, 7) is 4.25. The zero-order valence-electron chi connectivity index (χ0n) is 9.11. The van der Waals surface area contributed by atoms with Gasteiger partial charge in [0.25, 0.3) is 5.56 Å². The first-order valence-electron chi connectivity index (χ1n) is 5.25. The van der Waals surface area contributed by atoms with Gasteiger partial charge in [0.15, 0.2) is 0 Å². The largest absolute Gasteiger partial charge is 0.380 e. The highest BCUT2D eigenvalue weighted by molar-refractivity contribution is 5.09. The molecule has 0 radical (unpaired) electrons. The van der Waals surface area contributed by atoms with E-state index < -0.39 is 0 Å². The van der Waals surface area contributed by atoms with Crippen molar-refractivity contribution in [3.63, 3.8) is 0 Å². The highest BCUT2D eigenvalue weighted by atomic mass is 16.5. The van der Waals surface area contributed by atoms with Crippen LogP contribution in [0, 0.1) is 0 Å². The van der Waals surface area contributed by atoms with Gasteiger partial charge in [-0.05, 0) is 12.5 Å². The van der Waals surface area contributed by atoms with Crippen LogP contribution in [0.5, 0.6) is 0 Å². The van der Waals surface area contributed by atoms with Gasteiger partial charge in [0.1, 0.15) is 0 Å². The van der Waals surface area contributed by atoms with Gasteiger partial charge in [0.05, 0.1) is 6.61 Å². The van der Waals surface area contributed by atoms with E-state index in [1.54, 1.807) is 16.8 Å². The van der Waals surface area contributed by atoms with Crippen molar-refractivity contribution >= 4 is 0 Å². The fourth-order valence-electron chi connectivity index (χ4n) is 1.33. The van der Waals surface area contributed by atoms with Gasteiger partial charge < -0.3 is 15.0 Å².